The van der Waals surface area contributed by atoms with Crippen LogP contribution < -0.4 is 18.9 Å². The van der Waals surface area contributed by atoms with E-state index < -0.39 is 32.3 Å². The van der Waals surface area contributed by atoms with Crippen molar-refractivity contribution in [1.29, 1.82) is 0 Å². The Morgan fingerprint density at radius 3 is 1.66 bits per heavy atom. The number of rotatable bonds is 16. The van der Waals surface area contributed by atoms with Crippen molar-refractivity contribution in [3.63, 3.8) is 0 Å². The zero-order valence-corrected chi connectivity index (χ0v) is 37.6. The summed E-state index contributed by atoms with van der Waals surface area (Å²) >= 11 is 27.6. The van der Waals surface area contributed by atoms with Gasteiger partial charge in [-0.2, -0.15) is 0 Å². The molecule has 0 fully saturated rings. The quantitative estimate of drug-likeness (QED) is 0.0713. The minimum absolute atomic E-state index is 0.0273. The molecule has 17 nitrogen and oxygen atoms in total. The second kappa shape index (κ2) is 20.7. The van der Waals surface area contributed by atoms with Gasteiger partial charge >= 0.3 is 0 Å². The molecule has 4 N–H and O–H groups in total. The second-order valence-electron chi connectivity index (χ2n) is 11.4. The molecule has 6 aromatic rings. The largest absolute Gasteiger partial charge is 0.478 e. The van der Waals surface area contributed by atoms with E-state index in [-0.39, 0.29) is 59.0 Å². The lowest BCUT2D eigenvalue weighted by Gasteiger charge is -2.13. The van der Waals surface area contributed by atoms with Gasteiger partial charge in [-0.15, -0.1) is 34.9 Å². The van der Waals surface area contributed by atoms with Gasteiger partial charge in [-0.05, 0) is 24.3 Å². The summed E-state index contributed by atoms with van der Waals surface area (Å²) in [6.07, 6.45) is 6.12. The Kier molecular flexibility index (Phi) is 16.3. The van der Waals surface area contributed by atoms with Crippen LogP contribution in [-0.4, -0.2) is 87.2 Å². The second-order valence-corrected chi connectivity index (χ2v) is 19.2. The van der Waals surface area contributed by atoms with E-state index in [9.17, 15) is 27.0 Å². The van der Waals surface area contributed by atoms with Gasteiger partial charge in [-0.25, -0.2) is 46.7 Å². The average molecular weight is 984 g/mol. The number of benzene rings is 2. The summed E-state index contributed by atoms with van der Waals surface area (Å²) in [4.78, 5) is 24.4. The first-order valence-electron chi connectivity index (χ1n) is 16.3. The molecule has 6 rings (SSSR count). The van der Waals surface area contributed by atoms with Crippen LogP contribution in [0.2, 0.25) is 20.1 Å². The van der Waals surface area contributed by atoms with Crippen LogP contribution in [0.1, 0.15) is 23.0 Å². The first-order valence-corrected chi connectivity index (χ1v) is 23.6. The highest BCUT2D eigenvalue weighted by atomic mass is 35.5. The molecule has 59 heavy (non-hydrogen) atoms. The van der Waals surface area contributed by atoms with Gasteiger partial charge in [-0.1, -0.05) is 58.5 Å². The number of aromatic nitrogens is 7. The third-order valence-corrected chi connectivity index (χ3v) is 14.8. The fraction of sp³-hybridized carbons (Fsp3) is 0.212. The summed E-state index contributed by atoms with van der Waals surface area (Å²) in [6, 6.07) is 8.54. The van der Waals surface area contributed by atoms with Crippen LogP contribution in [0.25, 0.3) is 0 Å². The van der Waals surface area contributed by atoms with Crippen LogP contribution in [0.15, 0.2) is 92.6 Å². The fourth-order valence-electron chi connectivity index (χ4n) is 4.60. The Bertz CT molecular complexity index is 2610. The van der Waals surface area contributed by atoms with Crippen molar-refractivity contribution < 1.29 is 36.5 Å². The van der Waals surface area contributed by atoms with E-state index in [1.807, 2.05) is 0 Å². The molecule has 4 heterocycles. The summed E-state index contributed by atoms with van der Waals surface area (Å²) in [7, 11) is -3.69. The van der Waals surface area contributed by atoms with E-state index in [2.05, 4.69) is 39.3 Å². The van der Waals surface area contributed by atoms with Gasteiger partial charge in [0.15, 0.2) is 0 Å². The van der Waals surface area contributed by atoms with E-state index in [0.29, 0.717) is 26.6 Å². The first kappa shape index (κ1) is 46.4. The number of thiazole rings is 1. The molecule has 2 unspecified atom stereocenters. The number of hydrogen-bond donors (Lipinski definition) is 4. The number of anilines is 2. The van der Waals surface area contributed by atoms with Crippen molar-refractivity contribution in [2.75, 3.05) is 35.2 Å². The number of nitrogens with zero attached hydrogens (tertiary/aromatic N) is 7. The number of sulfonamides is 2. The Balaban J connectivity index is 0.000000224. The Morgan fingerprint density at radius 2 is 1.24 bits per heavy atom. The van der Waals surface area contributed by atoms with Gasteiger partial charge in [0.2, 0.25) is 11.6 Å². The molecule has 0 aliphatic heterocycles. The SMILES string of the molecule is COc1nc(SCC(O)c2nccn2C)cnc1NS(=O)(=O)c1cccc(Cl)c1Cl.COc1nc(SCC(O)c2nccs2)cnc1NS(=O)(=O)c1cccc(Cl)c1Cl. The Labute approximate surface area is 371 Å². The molecule has 0 aliphatic carbocycles. The molecule has 2 atom stereocenters. The van der Waals surface area contributed by atoms with Gasteiger partial charge in [0.05, 0.1) is 46.7 Å². The van der Waals surface area contributed by atoms with E-state index in [4.69, 9.17) is 55.9 Å². The molecule has 0 radical (unpaired) electrons. The number of hydrogen-bond acceptors (Lipinski definition) is 17. The maximum Gasteiger partial charge on any atom is 0.264 e. The maximum atomic E-state index is 12.7. The van der Waals surface area contributed by atoms with Crippen molar-refractivity contribution >= 4 is 113 Å². The smallest absolute Gasteiger partial charge is 0.264 e. The molecule has 0 spiro atoms. The van der Waals surface area contributed by atoms with Crippen molar-refractivity contribution in [3.05, 3.63) is 104 Å². The van der Waals surface area contributed by atoms with Gasteiger partial charge in [-0.3, -0.25) is 9.44 Å². The number of aryl methyl sites for hydroxylation is 1. The number of nitrogens with one attached hydrogen (secondary N) is 2. The first-order chi connectivity index (χ1) is 28.0. The van der Waals surface area contributed by atoms with Crippen LogP contribution in [0, 0.1) is 0 Å². The summed E-state index contributed by atoms with van der Waals surface area (Å²) in [5, 5.41) is 23.6. The molecule has 2 aromatic carbocycles. The Morgan fingerprint density at radius 1 is 0.746 bits per heavy atom. The number of halogens is 4. The summed E-state index contributed by atoms with van der Waals surface area (Å²) in [6.45, 7) is 0. The highest BCUT2D eigenvalue weighted by Gasteiger charge is 2.25. The normalized spacial score (nSPS) is 12.6. The molecule has 0 saturated heterocycles. The van der Waals surface area contributed by atoms with E-state index in [0.717, 1.165) is 0 Å². The number of ether oxygens (including phenoxy) is 2. The van der Waals surface area contributed by atoms with Crippen molar-refractivity contribution in [2.24, 2.45) is 7.05 Å². The van der Waals surface area contributed by atoms with Crippen LogP contribution in [0.5, 0.6) is 11.8 Å². The fourth-order valence-corrected chi connectivity index (χ4v) is 10.4. The van der Waals surface area contributed by atoms with Gasteiger partial charge in [0.1, 0.15) is 42.9 Å². The monoisotopic (exact) mass is 981 g/mol. The molecule has 0 saturated carbocycles. The molecule has 0 bridgehead atoms. The number of aliphatic hydroxyl groups excluding tert-OH is 2. The lowest BCUT2D eigenvalue weighted by Crippen LogP contribution is -2.16. The number of thioether (sulfide) groups is 2. The van der Waals surface area contributed by atoms with Crippen molar-refractivity contribution in [3.8, 4) is 11.8 Å². The van der Waals surface area contributed by atoms with E-state index in [1.54, 1.807) is 35.6 Å². The molecule has 0 amide bonds. The van der Waals surface area contributed by atoms with Crippen molar-refractivity contribution in [1.82, 2.24) is 34.5 Å². The van der Waals surface area contributed by atoms with Crippen molar-refractivity contribution in [2.45, 2.75) is 32.1 Å². The van der Waals surface area contributed by atoms with Gasteiger partial charge in [0, 0.05) is 42.5 Å². The third kappa shape index (κ3) is 12.0. The number of imidazole rings is 1. The molecule has 0 aliphatic rings. The molecule has 26 heteroatoms. The molecule has 4 aromatic heterocycles. The summed E-state index contributed by atoms with van der Waals surface area (Å²) < 4.78 is 67.3. The lowest BCUT2D eigenvalue weighted by molar-refractivity contribution is 0.190. The average Bonchev–Trinajstić information content (AvgIpc) is 3.91. The number of methoxy groups -OCH3 is 2. The predicted octanol–water partition coefficient (Wildman–Crippen LogP) is 7.03. The summed E-state index contributed by atoms with van der Waals surface area (Å²) in [5.74, 6) is 0.815. The zero-order chi connectivity index (χ0) is 42.9. The van der Waals surface area contributed by atoms with Gasteiger partial charge in [0.25, 0.3) is 31.8 Å². The number of aliphatic hydroxyl groups is 2. The maximum absolute atomic E-state index is 12.7. The molecular formula is C33H31Cl4N9O8S5. The van der Waals surface area contributed by atoms with Crippen LogP contribution in [0.4, 0.5) is 11.6 Å². The zero-order valence-electron chi connectivity index (χ0n) is 30.5. The predicted molar refractivity (Wildman–Crippen MR) is 228 cm³/mol. The Hall–Kier alpha value is -3.68. The molecule has 314 valence electrons. The van der Waals surface area contributed by atoms with Crippen LogP contribution in [0.3, 0.4) is 0 Å². The third-order valence-electron chi connectivity index (χ3n) is 7.37. The summed E-state index contributed by atoms with van der Waals surface area (Å²) in [5.41, 5.74) is 0. The van der Waals surface area contributed by atoms with Gasteiger partial charge < -0.3 is 24.3 Å². The highest BCUT2D eigenvalue weighted by Crippen LogP contribution is 2.34. The molecular weight excluding hydrogens is 953 g/mol. The standard InChI is InChI=1S/C17H17Cl2N5O4S2.C16H14Cl2N4O4S3/c1-24-7-6-20-16(24)11(25)9-29-13-8-21-15(17(22-13)28-2)23-30(26,27)12-5-3-4-10(18)14(12)19;1-26-15-14(22-29(24,25)11-4-2-3-9(17)13(11)18)20-7-12(21-15)28-8-10(23)16-19-5-6-27-16/h3-8,11,25H,9H2,1-2H3,(H,21,23);2-7,10,23H,8H2,1H3,(H,20,22). The lowest BCUT2D eigenvalue weighted by atomic mass is 10.4. The van der Waals surface area contributed by atoms with E-state index in [1.165, 1.54) is 97.9 Å². The topological polar surface area (TPSA) is 234 Å². The van der Waals surface area contributed by atoms with E-state index >= 15 is 0 Å². The highest BCUT2D eigenvalue weighted by molar-refractivity contribution is 7.99. The van der Waals surface area contributed by atoms with Crippen LogP contribution in [-0.2, 0) is 27.1 Å². The minimum atomic E-state index is -4.08. The minimum Gasteiger partial charge on any atom is -0.478 e. The van der Waals surface area contributed by atoms with Crippen LogP contribution >= 0.6 is 81.3 Å².